The molecule has 2 rings (SSSR count). The summed E-state index contributed by atoms with van der Waals surface area (Å²) in [5.74, 6) is 0.0859. The molecule has 4 N–H and O–H groups in total. The molecule has 4 nitrogen and oxygen atoms in total. The summed E-state index contributed by atoms with van der Waals surface area (Å²) in [6.07, 6.45) is 0. The van der Waals surface area contributed by atoms with Crippen LogP contribution in [0.1, 0.15) is 11.1 Å². The normalized spacial score (nSPS) is 11.4. The molecule has 2 aromatic carbocycles. The van der Waals surface area contributed by atoms with Crippen LogP contribution in [0.3, 0.4) is 0 Å². The number of hydrogen-bond acceptors (Lipinski definition) is 3. The minimum Gasteiger partial charge on any atom is -0.409 e. The molecule has 0 saturated heterocycles. The summed E-state index contributed by atoms with van der Waals surface area (Å²) in [5, 5.41) is 15.7. The average Bonchev–Trinajstić information content (AvgIpc) is 2.47. The van der Waals surface area contributed by atoms with Crippen molar-refractivity contribution in [3.63, 3.8) is 0 Å². The van der Waals surface area contributed by atoms with Gasteiger partial charge in [-0.3, -0.25) is 0 Å². The molecule has 104 valence electrons. The molecule has 0 atom stereocenters. The second kappa shape index (κ2) is 6.63. The summed E-state index contributed by atoms with van der Waals surface area (Å²) >= 11 is 9.52. The largest absolute Gasteiger partial charge is 0.409 e. The molecule has 6 heteroatoms. The molecule has 0 aromatic heterocycles. The second-order valence-corrected chi connectivity index (χ2v) is 5.44. The first kappa shape index (κ1) is 14.7. The number of benzene rings is 2. The molecule has 0 saturated carbocycles. The minimum atomic E-state index is 0.0859. The Kier molecular flexibility index (Phi) is 4.87. The molecular weight excluding hydrogens is 342 g/mol. The first-order valence-corrected chi connectivity index (χ1v) is 7.03. The molecule has 0 aliphatic heterocycles. The number of oxime groups is 1. The molecule has 0 aliphatic rings. The van der Waals surface area contributed by atoms with Crippen LogP contribution in [-0.4, -0.2) is 11.0 Å². The van der Waals surface area contributed by atoms with Crippen molar-refractivity contribution in [2.24, 2.45) is 10.9 Å². The summed E-state index contributed by atoms with van der Waals surface area (Å²) in [4.78, 5) is 0. The smallest absolute Gasteiger partial charge is 0.170 e. The Balaban J connectivity index is 2.21. The third kappa shape index (κ3) is 3.43. The molecule has 0 fully saturated rings. The third-order valence-electron chi connectivity index (χ3n) is 2.80. The highest BCUT2D eigenvalue weighted by Crippen LogP contribution is 2.26. The molecule has 0 heterocycles. The van der Waals surface area contributed by atoms with Gasteiger partial charge in [-0.1, -0.05) is 57.0 Å². The number of halogens is 2. The topological polar surface area (TPSA) is 70.6 Å². The van der Waals surface area contributed by atoms with E-state index in [-0.39, 0.29) is 5.84 Å². The van der Waals surface area contributed by atoms with Gasteiger partial charge in [-0.25, -0.2) is 0 Å². The summed E-state index contributed by atoms with van der Waals surface area (Å²) in [5.41, 5.74) is 8.08. The van der Waals surface area contributed by atoms with Crippen molar-refractivity contribution in [1.82, 2.24) is 0 Å². The van der Waals surface area contributed by atoms with Crippen molar-refractivity contribution in [3.8, 4) is 0 Å². The van der Waals surface area contributed by atoms with Crippen molar-refractivity contribution in [2.45, 2.75) is 6.54 Å². The third-order valence-corrected chi connectivity index (χ3v) is 3.62. The van der Waals surface area contributed by atoms with E-state index >= 15 is 0 Å². The Bertz CT molecular complexity index is 646. The van der Waals surface area contributed by atoms with Crippen molar-refractivity contribution < 1.29 is 5.21 Å². The lowest BCUT2D eigenvalue weighted by Crippen LogP contribution is -2.16. The van der Waals surface area contributed by atoms with E-state index in [0.717, 1.165) is 15.7 Å². The Morgan fingerprint density at radius 1 is 1.30 bits per heavy atom. The highest BCUT2D eigenvalue weighted by atomic mass is 79.9. The number of nitrogens with zero attached hydrogens (tertiary/aromatic N) is 1. The zero-order valence-corrected chi connectivity index (χ0v) is 12.8. The van der Waals surface area contributed by atoms with E-state index < -0.39 is 0 Å². The minimum absolute atomic E-state index is 0.0859. The molecule has 0 radical (unpaired) electrons. The summed E-state index contributed by atoms with van der Waals surface area (Å²) < 4.78 is 0.939. The lowest BCUT2D eigenvalue weighted by atomic mass is 10.1. The standard InChI is InChI=1S/C14H13BrClN3O/c15-10-5-6-12(16)13(7-10)18-8-9-3-1-2-4-11(9)14(17)19-20/h1-7,18,20H,8H2,(H2,17,19). The van der Waals surface area contributed by atoms with Gasteiger partial charge in [-0.15, -0.1) is 0 Å². The van der Waals surface area contributed by atoms with Crippen LogP contribution in [0.25, 0.3) is 0 Å². The zero-order chi connectivity index (χ0) is 14.5. The zero-order valence-electron chi connectivity index (χ0n) is 10.5. The molecule has 20 heavy (non-hydrogen) atoms. The van der Waals surface area contributed by atoms with Crippen LogP contribution in [0.15, 0.2) is 52.1 Å². The second-order valence-electron chi connectivity index (χ2n) is 4.12. The van der Waals surface area contributed by atoms with Crippen LogP contribution >= 0.6 is 27.5 Å². The van der Waals surface area contributed by atoms with Crippen molar-refractivity contribution in [2.75, 3.05) is 5.32 Å². The van der Waals surface area contributed by atoms with Gasteiger partial charge in [-0.2, -0.15) is 0 Å². The van der Waals surface area contributed by atoms with Crippen LogP contribution in [0, 0.1) is 0 Å². The van der Waals surface area contributed by atoms with Gasteiger partial charge >= 0.3 is 0 Å². The van der Waals surface area contributed by atoms with E-state index in [1.165, 1.54) is 0 Å². The van der Waals surface area contributed by atoms with Crippen LogP contribution in [0.2, 0.25) is 5.02 Å². The molecule has 2 aromatic rings. The maximum atomic E-state index is 8.79. The van der Waals surface area contributed by atoms with Gasteiger partial charge in [0.05, 0.1) is 10.7 Å². The van der Waals surface area contributed by atoms with Crippen molar-refractivity contribution in [1.29, 1.82) is 0 Å². The van der Waals surface area contributed by atoms with Crippen LogP contribution in [0.4, 0.5) is 5.69 Å². The number of amidine groups is 1. The molecule has 0 aliphatic carbocycles. The first-order chi connectivity index (χ1) is 9.61. The van der Waals surface area contributed by atoms with E-state index in [0.29, 0.717) is 17.1 Å². The van der Waals surface area contributed by atoms with Crippen LogP contribution in [-0.2, 0) is 6.54 Å². The predicted molar refractivity (Wildman–Crippen MR) is 85.4 cm³/mol. The Morgan fingerprint density at radius 3 is 2.80 bits per heavy atom. The van der Waals surface area contributed by atoms with E-state index in [4.69, 9.17) is 22.5 Å². The number of anilines is 1. The van der Waals surface area contributed by atoms with Gasteiger partial charge in [0.15, 0.2) is 5.84 Å². The molecule has 0 spiro atoms. The first-order valence-electron chi connectivity index (χ1n) is 5.86. The van der Waals surface area contributed by atoms with Gasteiger partial charge in [-0.05, 0) is 23.8 Å². The van der Waals surface area contributed by atoms with E-state index in [2.05, 4.69) is 26.4 Å². The average molecular weight is 355 g/mol. The van der Waals surface area contributed by atoms with E-state index in [1.54, 1.807) is 6.07 Å². The monoisotopic (exact) mass is 353 g/mol. The predicted octanol–water partition coefficient (Wildman–Crippen LogP) is 3.81. The highest BCUT2D eigenvalue weighted by Gasteiger charge is 2.07. The molecular formula is C14H13BrClN3O. The SMILES string of the molecule is NC(=NO)c1ccccc1CNc1cc(Br)ccc1Cl. The maximum absolute atomic E-state index is 8.79. The van der Waals surface area contributed by atoms with Gasteiger partial charge in [0.1, 0.15) is 0 Å². The molecule has 0 unspecified atom stereocenters. The van der Waals surface area contributed by atoms with Crippen LogP contribution < -0.4 is 11.1 Å². The lowest BCUT2D eigenvalue weighted by molar-refractivity contribution is 0.318. The van der Waals surface area contributed by atoms with E-state index in [1.807, 2.05) is 36.4 Å². The van der Waals surface area contributed by atoms with Gasteiger partial charge < -0.3 is 16.3 Å². The fourth-order valence-electron chi connectivity index (χ4n) is 1.80. The summed E-state index contributed by atoms with van der Waals surface area (Å²) in [6, 6.07) is 13.0. The number of nitrogens with one attached hydrogen (secondary N) is 1. The Morgan fingerprint density at radius 2 is 2.05 bits per heavy atom. The number of hydrogen-bond donors (Lipinski definition) is 3. The number of nitrogens with two attached hydrogens (primary N) is 1. The van der Waals surface area contributed by atoms with E-state index in [9.17, 15) is 0 Å². The lowest BCUT2D eigenvalue weighted by Gasteiger charge is -2.12. The Hall–Kier alpha value is -1.72. The van der Waals surface area contributed by atoms with Gasteiger partial charge in [0, 0.05) is 16.6 Å². The number of rotatable bonds is 4. The molecule has 0 bridgehead atoms. The Labute approximate surface area is 130 Å². The quantitative estimate of drug-likeness (QED) is 0.338. The summed E-state index contributed by atoms with van der Waals surface area (Å²) in [6.45, 7) is 0.516. The maximum Gasteiger partial charge on any atom is 0.170 e. The van der Waals surface area contributed by atoms with Gasteiger partial charge in [0.2, 0.25) is 0 Å². The fourth-order valence-corrected chi connectivity index (χ4v) is 2.35. The van der Waals surface area contributed by atoms with Crippen molar-refractivity contribution in [3.05, 3.63) is 63.1 Å². The van der Waals surface area contributed by atoms with Crippen molar-refractivity contribution >= 4 is 39.1 Å². The summed E-state index contributed by atoms with van der Waals surface area (Å²) in [7, 11) is 0. The van der Waals surface area contributed by atoms with Gasteiger partial charge in [0.25, 0.3) is 0 Å². The highest BCUT2D eigenvalue weighted by molar-refractivity contribution is 9.10. The molecule has 0 amide bonds. The fraction of sp³-hybridized carbons (Fsp3) is 0.0714. The van der Waals surface area contributed by atoms with Crippen LogP contribution in [0.5, 0.6) is 0 Å².